The van der Waals surface area contributed by atoms with Gasteiger partial charge < -0.3 is 10.6 Å². The van der Waals surface area contributed by atoms with Gasteiger partial charge in [0, 0.05) is 23.9 Å². The summed E-state index contributed by atoms with van der Waals surface area (Å²) in [6.07, 6.45) is 16.7. The quantitative estimate of drug-likeness (QED) is 0.640. The lowest BCUT2D eigenvalue weighted by Gasteiger charge is -2.02. The minimum absolute atomic E-state index is 0.673. The maximum Gasteiger partial charge on any atom is 0.159 e. The van der Waals surface area contributed by atoms with Crippen LogP contribution in [0.4, 0.5) is 11.6 Å². The first kappa shape index (κ1) is 17.0. The Hall–Kier alpha value is -2.85. The summed E-state index contributed by atoms with van der Waals surface area (Å²) in [5.74, 6) is 2.24. The van der Waals surface area contributed by atoms with Crippen LogP contribution < -0.4 is 10.6 Å². The third-order valence-electron chi connectivity index (χ3n) is 4.15. The van der Waals surface area contributed by atoms with Crippen LogP contribution in [0.5, 0.6) is 0 Å². The largest absolute Gasteiger partial charge is 0.322 e. The molecule has 0 radical (unpaired) electrons. The van der Waals surface area contributed by atoms with Crippen molar-refractivity contribution in [3.05, 3.63) is 36.4 Å². The number of H-pyrrole nitrogens is 1. The van der Waals surface area contributed by atoms with Crippen LogP contribution in [0.15, 0.2) is 30.7 Å². The van der Waals surface area contributed by atoms with E-state index in [1.165, 1.54) is 50.8 Å². The second-order valence-corrected chi connectivity index (χ2v) is 6.01. The predicted octanol–water partition coefficient (Wildman–Crippen LogP) is 2.69. The number of anilines is 2. The molecule has 130 valence electrons. The van der Waals surface area contributed by atoms with Gasteiger partial charge in [0.05, 0.1) is 0 Å². The van der Waals surface area contributed by atoms with Crippen molar-refractivity contribution in [3.8, 4) is 12.8 Å². The fraction of sp³-hybridized carbons (Fsp3) is 0.389. The van der Waals surface area contributed by atoms with Crippen LogP contribution in [0.25, 0.3) is 5.52 Å². The molecule has 1 aliphatic carbocycles. The average Bonchev–Trinajstić information content (AvgIpc) is 3.11. The van der Waals surface area contributed by atoms with E-state index in [4.69, 9.17) is 0 Å². The van der Waals surface area contributed by atoms with Crippen LogP contribution in [0, 0.1) is 12.8 Å². The minimum Gasteiger partial charge on any atom is -0.322 e. The van der Waals surface area contributed by atoms with Gasteiger partial charge in [-0.1, -0.05) is 0 Å². The van der Waals surface area contributed by atoms with E-state index in [2.05, 4.69) is 49.8 Å². The molecule has 1 saturated heterocycles. The van der Waals surface area contributed by atoms with E-state index in [0.29, 0.717) is 5.92 Å². The van der Waals surface area contributed by atoms with E-state index in [9.17, 15) is 0 Å². The molecule has 0 amide bonds. The monoisotopic (exact) mass is 337 g/mol. The lowest BCUT2D eigenvalue weighted by Crippen LogP contribution is -2.03. The second kappa shape index (κ2) is 8.31. The van der Waals surface area contributed by atoms with Crippen LogP contribution >= 0.6 is 0 Å². The molecule has 3 N–H and O–H groups in total. The van der Waals surface area contributed by atoms with Crippen molar-refractivity contribution >= 4 is 17.2 Å². The molecule has 0 bridgehead atoms. The van der Waals surface area contributed by atoms with E-state index in [1.807, 2.05) is 18.3 Å². The molecule has 5 rings (SSSR count). The molecular weight excluding hydrogens is 314 g/mol. The lowest BCUT2D eigenvalue weighted by atomic mass is 10.3. The number of hydrogen-bond acceptors (Lipinski definition) is 5. The summed E-state index contributed by atoms with van der Waals surface area (Å²) in [6.45, 7) is 2.50. The van der Waals surface area contributed by atoms with Crippen molar-refractivity contribution in [3.63, 3.8) is 0 Å². The number of nitrogens with zero attached hydrogens (tertiary/aromatic N) is 4. The molecule has 3 aromatic heterocycles. The van der Waals surface area contributed by atoms with Gasteiger partial charge in [0.1, 0.15) is 11.8 Å². The first-order valence-corrected chi connectivity index (χ1v) is 8.55. The van der Waals surface area contributed by atoms with Gasteiger partial charge in [-0.05, 0) is 50.9 Å². The Morgan fingerprint density at radius 2 is 2.00 bits per heavy atom. The zero-order valence-electron chi connectivity index (χ0n) is 14.2. The van der Waals surface area contributed by atoms with E-state index >= 15 is 0 Å². The van der Waals surface area contributed by atoms with Gasteiger partial charge in [0.2, 0.25) is 0 Å². The molecule has 0 atom stereocenters. The molecule has 1 aliphatic heterocycles. The number of aromatic amines is 1. The Morgan fingerprint density at radius 3 is 2.68 bits per heavy atom. The van der Waals surface area contributed by atoms with E-state index in [1.54, 1.807) is 4.52 Å². The highest BCUT2D eigenvalue weighted by molar-refractivity contribution is 5.71. The first-order valence-electron chi connectivity index (χ1n) is 8.55. The molecule has 7 nitrogen and oxygen atoms in total. The first-order chi connectivity index (χ1) is 12.4. The standard InChI is InChI=1S/C12H12N6.C4H9N.C2H2/c1-2-10-12(13-7-14-18(10)5-1)15-11-6-9(16-17-11)8-3-4-8;1-2-4-5-3-1;1-2/h1-2,5-8H,3-4H2,(H2,13,14,15,16,17);5H,1-4H2;1-2H. The number of terminal acetylenes is 1. The maximum atomic E-state index is 4.26. The SMILES string of the molecule is C#C.C1CCNC1.c1cc2c(Nc3cc(C4CC4)[nH]n3)ncnn2c1. The van der Waals surface area contributed by atoms with Gasteiger partial charge in [-0.15, -0.1) is 12.8 Å². The normalized spacial score (nSPS) is 15.8. The maximum absolute atomic E-state index is 4.26. The van der Waals surface area contributed by atoms with E-state index in [-0.39, 0.29) is 0 Å². The number of nitrogens with one attached hydrogen (secondary N) is 3. The molecule has 4 heterocycles. The zero-order valence-corrected chi connectivity index (χ0v) is 14.2. The molecule has 7 heteroatoms. The highest BCUT2D eigenvalue weighted by Crippen LogP contribution is 2.39. The summed E-state index contributed by atoms with van der Waals surface area (Å²) in [5.41, 5.74) is 2.14. The van der Waals surface area contributed by atoms with Crippen molar-refractivity contribution in [2.24, 2.45) is 0 Å². The highest BCUT2D eigenvalue weighted by atomic mass is 15.3. The Labute approximate surface area is 147 Å². The van der Waals surface area contributed by atoms with Crippen LogP contribution in [-0.2, 0) is 0 Å². The van der Waals surface area contributed by atoms with Gasteiger partial charge in [-0.3, -0.25) is 5.10 Å². The van der Waals surface area contributed by atoms with Gasteiger partial charge in [-0.2, -0.15) is 10.2 Å². The van der Waals surface area contributed by atoms with Crippen LogP contribution in [-0.4, -0.2) is 37.9 Å². The molecule has 0 aromatic carbocycles. The van der Waals surface area contributed by atoms with Crippen LogP contribution in [0.3, 0.4) is 0 Å². The van der Waals surface area contributed by atoms with Gasteiger partial charge in [-0.25, -0.2) is 9.50 Å². The third-order valence-corrected chi connectivity index (χ3v) is 4.15. The second-order valence-electron chi connectivity index (χ2n) is 6.01. The van der Waals surface area contributed by atoms with Crippen molar-refractivity contribution in [2.45, 2.75) is 31.6 Å². The molecule has 0 unspecified atom stereocenters. The van der Waals surface area contributed by atoms with Gasteiger partial charge in [0.15, 0.2) is 11.6 Å². The number of fused-ring (bicyclic) bond motifs is 1. The Bertz CT molecular complexity index is 801. The zero-order chi connectivity index (χ0) is 17.5. The van der Waals surface area contributed by atoms with E-state index < -0.39 is 0 Å². The minimum atomic E-state index is 0.673. The smallest absolute Gasteiger partial charge is 0.159 e. The van der Waals surface area contributed by atoms with E-state index in [0.717, 1.165) is 17.2 Å². The van der Waals surface area contributed by atoms with Gasteiger partial charge in [0.25, 0.3) is 0 Å². The molecule has 0 spiro atoms. The Kier molecular flexibility index (Phi) is 5.65. The van der Waals surface area contributed by atoms with Gasteiger partial charge >= 0.3 is 0 Å². The summed E-state index contributed by atoms with van der Waals surface area (Å²) < 4.78 is 1.78. The fourth-order valence-corrected chi connectivity index (χ4v) is 2.71. The number of rotatable bonds is 3. The summed E-state index contributed by atoms with van der Waals surface area (Å²) in [4.78, 5) is 4.25. The Balaban J connectivity index is 0.000000222. The molecule has 3 aromatic rings. The third kappa shape index (κ3) is 4.37. The number of aromatic nitrogens is 5. The lowest BCUT2D eigenvalue weighted by molar-refractivity contribution is 0.857. The summed E-state index contributed by atoms with van der Waals surface area (Å²) in [7, 11) is 0. The number of hydrogen-bond donors (Lipinski definition) is 3. The average molecular weight is 337 g/mol. The van der Waals surface area contributed by atoms with Crippen molar-refractivity contribution < 1.29 is 0 Å². The summed E-state index contributed by atoms with van der Waals surface area (Å²) in [5, 5.41) is 17.9. The van der Waals surface area contributed by atoms with Crippen molar-refractivity contribution in [2.75, 3.05) is 18.4 Å². The topological polar surface area (TPSA) is 82.9 Å². The molecule has 2 fully saturated rings. The van der Waals surface area contributed by atoms with Crippen molar-refractivity contribution in [1.82, 2.24) is 30.1 Å². The summed E-state index contributed by atoms with van der Waals surface area (Å²) >= 11 is 0. The fourth-order valence-electron chi connectivity index (χ4n) is 2.71. The molecule has 25 heavy (non-hydrogen) atoms. The summed E-state index contributed by atoms with van der Waals surface area (Å²) in [6, 6.07) is 5.96. The molecule has 2 aliphatic rings. The molecule has 1 saturated carbocycles. The highest BCUT2D eigenvalue weighted by Gasteiger charge is 2.25. The molecular formula is C18H23N7. The van der Waals surface area contributed by atoms with Crippen LogP contribution in [0.1, 0.15) is 37.3 Å². The van der Waals surface area contributed by atoms with Crippen LogP contribution in [0.2, 0.25) is 0 Å². The Morgan fingerprint density at radius 1 is 1.20 bits per heavy atom. The predicted molar refractivity (Wildman–Crippen MR) is 98.8 cm³/mol. The van der Waals surface area contributed by atoms with Crippen molar-refractivity contribution in [1.29, 1.82) is 0 Å².